The first-order chi connectivity index (χ1) is 11.0. The third-order valence-electron chi connectivity index (χ3n) is 4.07. The molecule has 3 heterocycles. The monoisotopic (exact) mass is 319 g/mol. The Balaban J connectivity index is 1.60. The van der Waals surface area contributed by atoms with E-state index in [4.69, 9.17) is 0 Å². The van der Waals surface area contributed by atoms with Crippen LogP contribution in [0.15, 0.2) is 21.5 Å². The molecule has 9 nitrogen and oxygen atoms in total. The maximum Gasteiger partial charge on any atom is 0.277 e. The highest BCUT2D eigenvalue weighted by Gasteiger charge is 2.37. The average Bonchev–Trinajstić information content (AvgIpc) is 3.10. The van der Waals surface area contributed by atoms with Crippen molar-refractivity contribution in [2.45, 2.75) is 38.7 Å². The zero-order chi connectivity index (χ0) is 16.6. The van der Waals surface area contributed by atoms with Gasteiger partial charge < -0.3 is 14.6 Å². The number of anilines is 1. The van der Waals surface area contributed by atoms with E-state index in [1.54, 1.807) is 29.9 Å². The summed E-state index contributed by atoms with van der Waals surface area (Å²) in [5.41, 5.74) is 0.501. The van der Waals surface area contributed by atoms with Crippen LogP contribution in [0.25, 0.3) is 0 Å². The predicted octanol–water partition coefficient (Wildman–Crippen LogP) is 0.969. The molecule has 2 atom stereocenters. The molecule has 0 spiro atoms. The number of amidine groups is 1. The second-order valence-electron chi connectivity index (χ2n) is 5.83. The van der Waals surface area contributed by atoms with E-state index in [2.05, 4.69) is 20.2 Å². The number of nitrogens with zero attached hydrogens (tertiary/aromatic N) is 7. The molecule has 2 aliphatic heterocycles. The smallest absolute Gasteiger partial charge is 0.277 e. The number of amides is 1. The number of carbonyl (C=O) groups excluding carboxylic acids is 1. The maximum absolute atomic E-state index is 12.6. The largest absolute Gasteiger partial charge is 0.356 e. The number of carbonyl (C=O) groups is 1. The van der Waals surface area contributed by atoms with Gasteiger partial charge >= 0.3 is 0 Å². The molecule has 124 valence electrons. The summed E-state index contributed by atoms with van der Waals surface area (Å²) in [6, 6.07) is 0. The number of aryl methyl sites for hydroxylation is 1. The van der Waals surface area contributed by atoms with Crippen LogP contribution in [0.1, 0.15) is 36.7 Å². The summed E-state index contributed by atoms with van der Waals surface area (Å²) in [6.07, 6.45) is 2.84. The fourth-order valence-corrected chi connectivity index (χ4v) is 2.80. The van der Waals surface area contributed by atoms with Crippen molar-refractivity contribution < 1.29 is 9.90 Å². The third-order valence-corrected chi connectivity index (χ3v) is 4.07. The number of aliphatic imine (C=N–C) groups is 1. The summed E-state index contributed by atoms with van der Waals surface area (Å²) < 4.78 is 1.68. The number of aromatic nitrogens is 2. The normalized spacial score (nSPS) is 23.5. The standard InChI is InChI=1S/C14H21N7O2/c1-9-16-10(18-17-9)6-4-5-7-21-13(22)11-12(15-8-19(11)2)20(3)14(21)23/h8-9,14,23H,4-7H2,1-3H3. The summed E-state index contributed by atoms with van der Waals surface area (Å²) >= 11 is 0. The van der Waals surface area contributed by atoms with Crippen molar-refractivity contribution in [1.29, 1.82) is 0 Å². The Kier molecular flexibility index (Phi) is 4.12. The zero-order valence-corrected chi connectivity index (χ0v) is 13.5. The van der Waals surface area contributed by atoms with Gasteiger partial charge in [0.1, 0.15) is 5.84 Å². The summed E-state index contributed by atoms with van der Waals surface area (Å²) in [6.45, 7) is 2.36. The Bertz CT molecular complexity index is 666. The molecule has 0 aliphatic carbocycles. The van der Waals surface area contributed by atoms with E-state index < -0.39 is 6.35 Å². The van der Waals surface area contributed by atoms with E-state index in [1.165, 1.54) is 4.90 Å². The first-order valence-corrected chi connectivity index (χ1v) is 7.69. The van der Waals surface area contributed by atoms with Crippen molar-refractivity contribution in [1.82, 2.24) is 14.5 Å². The Hall–Kier alpha value is -2.29. The van der Waals surface area contributed by atoms with Crippen molar-refractivity contribution in [3.05, 3.63) is 12.0 Å². The lowest BCUT2D eigenvalue weighted by atomic mass is 10.2. The maximum atomic E-state index is 12.6. The zero-order valence-electron chi connectivity index (χ0n) is 13.5. The van der Waals surface area contributed by atoms with Crippen LogP contribution in [0, 0.1) is 0 Å². The van der Waals surface area contributed by atoms with Crippen LogP contribution in [0.5, 0.6) is 0 Å². The van der Waals surface area contributed by atoms with E-state index in [9.17, 15) is 9.90 Å². The number of hydrogen-bond donors (Lipinski definition) is 1. The molecule has 9 heteroatoms. The Morgan fingerprint density at radius 2 is 2.09 bits per heavy atom. The van der Waals surface area contributed by atoms with Crippen molar-refractivity contribution in [3.63, 3.8) is 0 Å². The predicted molar refractivity (Wildman–Crippen MR) is 84.3 cm³/mol. The minimum Gasteiger partial charge on any atom is -0.356 e. The SMILES string of the molecule is CC1N=NC(CCCCN2C(=O)c3c(ncn3C)N(C)C2O)=N1. The van der Waals surface area contributed by atoms with Gasteiger partial charge in [-0.1, -0.05) is 0 Å². The number of rotatable bonds is 5. The van der Waals surface area contributed by atoms with E-state index >= 15 is 0 Å². The minimum atomic E-state index is -0.992. The van der Waals surface area contributed by atoms with Crippen LogP contribution in [-0.4, -0.2) is 57.4 Å². The highest BCUT2D eigenvalue weighted by atomic mass is 16.3. The fraction of sp³-hybridized carbons (Fsp3) is 0.643. The lowest BCUT2D eigenvalue weighted by Gasteiger charge is -2.38. The number of fused-ring (bicyclic) bond motifs is 1. The van der Waals surface area contributed by atoms with Crippen LogP contribution in [-0.2, 0) is 7.05 Å². The minimum absolute atomic E-state index is 0.0765. The molecule has 0 fully saturated rings. The molecule has 1 N–H and O–H groups in total. The molecular weight excluding hydrogens is 298 g/mol. The Morgan fingerprint density at radius 1 is 1.30 bits per heavy atom. The van der Waals surface area contributed by atoms with Crippen molar-refractivity contribution in [2.75, 3.05) is 18.5 Å². The van der Waals surface area contributed by atoms with Crippen LogP contribution in [0.3, 0.4) is 0 Å². The molecule has 2 aliphatic rings. The van der Waals surface area contributed by atoms with Crippen molar-refractivity contribution in [2.24, 2.45) is 22.3 Å². The Labute approximate surface area is 134 Å². The lowest BCUT2D eigenvalue weighted by molar-refractivity contribution is 0.00260. The van der Waals surface area contributed by atoms with Gasteiger partial charge in [0.2, 0.25) is 6.35 Å². The van der Waals surface area contributed by atoms with Crippen molar-refractivity contribution >= 4 is 17.6 Å². The number of imidazole rings is 1. The summed E-state index contributed by atoms with van der Waals surface area (Å²) in [5, 5.41) is 18.3. The van der Waals surface area contributed by atoms with Gasteiger partial charge in [0.25, 0.3) is 5.91 Å². The van der Waals surface area contributed by atoms with Crippen LogP contribution in [0.4, 0.5) is 5.82 Å². The lowest BCUT2D eigenvalue weighted by Crippen LogP contribution is -2.54. The van der Waals surface area contributed by atoms with Gasteiger partial charge in [-0.05, 0) is 19.8 Å². The fourth-order valence-electron chi connectivity index (χ4n) is 2.80. The second-order valence-corrected chi connectivity index (χ2v) is 5.83. The summed E-state index contributed by atoms with van der Waals surface area (Å²) in [4.78, 5) is 24.1. The first-order valence-electron chi connectivity index (χ1n) is 7.69. The summed E-state index contributed by atoms with van der Waals surface area (Å²) in [7, 11) is 3.50. The molecule has 3 rings (SSSR count). The molecule has 1 aromatic rings. The third kappa shape index (κ3) is 2.83. The highest BCUT2D eigenvalue weighted by molar-refractivity contribution is 5.99. The van der Waals surface area contributed by atoms with Gasteiger partial charge in [-0.2, -0.15) is 5.11 Å². The number of azo groups is 1. The number of hydrogen-bond acceptors (Lipinski definition) is 7. The van der Waals surface area contributed by atoms with Crippen LogP contribution >= 0.6 is 0 Å². The van der Waals surface area contributed by atoms with Gasteiger partial charge in [-0.25, -0.2) is 9.98 Å². The number of aliphatic hydroxyl groups is 1. The molecule has 0 aromatic carbocycles. The molecular formula is C14H21N7O2. The van der Waals surface area contributed by atoms with Gasteiger partial charge in [0, 0.05) is 27.1 Å². The highest BCUT2D eigenvalue weighted by Crippen LogP contribution is 2.27. The van der Waals surface area contributed by atoms with E-state index in [0.29, 0.717) is 18.1 Å². The van der Waals surface area contributed by atoms with Gasteiger partial charge in [0.05, 0.1) is 6.33 Å². The van der Waals surface area contributed by atoms with E-state index in [0.717, 1.165) is 25.1 Å². The van der Waals surface area contributed by atoms with Gasteiger partial charge in [0.15, 0.2) is 17.7 Å². The molecule has 23 heavy (non-hydrogen) atoms. The molecule has 2 unspecified atom stereocenters. The topological polar surface area (TPSA) is 98.7 Å². The molecule has 1 aromatic heterocycles. The quantitative estimate of drug-likeness (QED) is 0.817. The van der Waals surface area contributed by atoms with Crippen molar-refractivity contribution in [3.8, 4) is 0 Å². The van der Waals surface area contributed by atoms with E-state index in [-0.39, 0.29) is 12.1 Å². The van der Waals surface area contributed by atoms with Gasteiger partial charge in [-0.15, -0.1) is 5.11 Å². The second kappa shape index (κ2) is 6.07. The van der Waals surface area contributed by atoms with Crippen LogP contribution in [0.2, 0.25) is 0 Å². The molecule has 1 amide bonds. The van der Waals surface area contributed by atoms with Crippen LogP contribution < -0.4 is 4.90 Å². The number of aliphatic hydroxyl groups excluding tert-OH is 1. The van der Waals surface area contributed by atoms with E-state index in [1.807, 2.05) is 6.92 Å². The first kappa shape index (κ1) is 15.6. The average molecular weight is 319 g/mol. The van der Waals surface area contributed by atoms with Gasteiger partial charge in [-0.3, -0.25) is 9.69 Å². The molecule has 0 saturated carbocycles. The summed E-state index contributed by atoms with van der Waals surface area (Å²) in [5.74, 6) is 1.07. The number of unbranched alkanes of at least 4 members (excludes halogenated alkanes) is 1. The molecule has 0 saturated heterocycles. The molecule has 0 radical (unpaired) electrons. The molecule has 0 bridgehead atoms. The Morgan fingerprint density at radius 3 is 2.78 bits per heavy atom.